The minimum Gasteiger partial charge on any atom is -0.280 e. The average Bonchev–Trinajstić information content (AvgIpc) is 2.80. The first-order valence-corrected chi connectivity index (χ1v) is 12.4. The number of hydrogen-bond acceptors (Lipinski definition) is 3. The Morgan fingerprint density at radius 3 is 1.97 bits per heavy atom. The number of aryl methyl sites for hydroxylation is 1. The Morgan fingerprint density at radius 2 is 1.32 bits per heavy atom. The van der Waals surface area contributed by atoms with Crippen LogP contribution in [-0.2, 0) is 15.8 Å². The van der Waals surface area contributed by atoms with E-state index in [2.05, 4.69) is 41.1 Å². The molecule has 0 unspecified atom stereocenters. The third kappa shape index (κ3) is 5.57. The molecule has 0 aliphatic rings. The van der Waals surface area contributed by atoms with Crippen LogP contribution in [0.1, 0.15) is 11.1 Å². The van der Waals surface area contributed by atoms with Crippen molar-refractivity contribution in [2.24, 2.45) is 0 Å². The molecule has 1 N–H and O–H groups in total. The molecule has 0 aromatic heterocycles. The molecule has 0 spiro atoms. The third-order valence-corrected chi connectivity index (χ3v) is 7.38. The molecule has 0 amide bonds. The topological polar surface area (TPSA) is 46.2 Å². The number of thioether (sulfide) groups is 1. The van der Waals surface area contributed by atoms with E-state index in [4.69, 9.17) is 0 Å². The Kier molecular flexibility index (Phi) is 6.44. The highest BCUT2D eigenvalue weighted by Crippen LogP contribution is 2.27. The Bertz CT molecular complexity index is 1230. The molecule has 3 nitrogen and oxygen atoms in total. The lowest BCUT2D eigenvalue weighted by atomic mass is 10.0. The van der Waals surface area contributed by atoms with Crippen LogP contribution in [0.2, 0.25) is 0 Å². The quantitative estimate of drug-likeness (QED) is 0.320. The van der Waals surface area contributed by atoms with E-state index in [-0.39, 0.29) is 4.90 Å². The van der Waals surface area contributed by atoms with Crippen LogP contribution in [-0.4, -0.2) is 8.42 Å². The first kappa shape index (κ1) is 21.2. The van der Waals surface area contributed by atoms with Crippen LogP contribution in [0.5, 0.6) is 0 Å². The van der Waals surface area contributed by atoms with Crippen molar-refractivity contribution in [2.45, 2.75) is 22.5 Å². The number of rotatable bonds is 7. The number of nitrogens with one attached hydrogen (secondary N) is 1. The zero-order valence-electron chi connectivity index (χ0n) is 17.2. The fourth-order valence-corrected chi connectivity index (χ4v) is 5.05. The van der Waals surface area contributed by atoms with Crippen molar-refractivity contribution in [3.05, 3.63) is 114 Å². The predicted octanol–water partition coefficient (Wildman–Crippen LogP) is 6.76. The van der Waals surface area contributed by atoms with Crippen LogP contribution < -0.4 is 4.72 Å². The summed E-state index contributed by atoms with van der Waals surface area (Å²) >= 11 is 1.72. The summed E-state index contributed by atoms with van der Waals surface area (Å²) in [5.74, 6) is 0.851. The summed E-state index contributed by atoms with van der Waals surface area (Å²) in [5.41, 5.74) is 5.24. The number of hydrogen-bond donors (Lipinski definition) is 1. The zero-order chi connectivity index (χ0) is 21.7. The first-order valence-electron chi connectivity index (χ1n) is 9.96. The third-order valence-electron chi connectivity index (χ3n) is 4.90. The summed E-state index contributed by atoms with van der Waals surface area (Å²) in [6.07, 6.45) is 0. The Hall–Kier alpha value is -3.02. The Balaban J connectivity index is 1.36. The second-order valence-electron chi connectivity index (χ2n) is 7.29. The van der Waals surface area contributed by atoms with Gasteiger partial charge in [0.05, 0.1) is 4.90 Å². The van der Waals surface area contributed by atoms with Gasteiger partial charge in [0.25, 0.3) is 10.0 Å². The van der Waals surface area contributed by atoms with Crippen molar-refractivity contribution >= 4 is 27.5 Å². The molecular weight excluding hydrogens is 422 g/mol. The molecule has 4 aromatic carbocycles. The zero-order valence-corrected chi connectivity index (χ0v) is 18.8. The Labute approximate surface area is 188 Å². The lowest BCUT2D eigenvalue weighted by Crippen LogP contribution is -2.12. The lowest BCUT2D eigenvalue weighted by Gasteiger charge is -2.09. The summed E-state index contributed by atoms with van der Waals surface area (Å²) < 4.78 is 27.7. The van der Waals surface area contributed by atoms with E-state index >= 15 is 0 Å². The summed E-state index contributed by atoms with van der Waals surface area (Å²) in [7, 11) is -3.58. The average molecular weight is 446 g/mol. The van der Waals surface area contributed by atoms with Crippen molar-refractivity contribution in [1.82, 2.24) is 0 Å². The van der Waals surface area contributed by atoms with E-state index in [1.54, 1.807) is 48.2 Å². The van der Waals surface area contributed by atoms with Gasteiger partial charge >= 0.3 is 0 Å². The monoisotopic (exact) mass is 445 g/mol. The lowest BCUT2D eigenvalue weighted by molar-refractivity contribution is 0.601. The summed E-state index contributed by atoms with van der Waals surface area (Å²) in [6, 6.07) is 33.2. The summed E-state index contributed by atoms with van der Waals surface area (Å²) in [6.45, 7) is 1.93. The highest BCUT2D eigenvalue weighted by molar-refractivity contribution is 7.98. The highest BCUT2D eigenvalue weighted by atomic mass is 32.2. The molecule has 0 fully saturated rings. The fourth-order valence-electron chi connectivity index (χ4n) is 3.14. The van der Waals surface area contributed by atoms with Gasteiger partial charge in [-0.25, -0.2) is 8.42 Å². The van der Waals surface area contributed by atoms with E-state index in [1.807, 2.05) is 37.3 Å². The highest BCUT2D eigenvalue weighted by Gasteiger charge is 2.13. The van der Waals surface area contributed by atoms with Gasteiger partial charge in [-0.3, -0.25) is 4.72 Å². The Morgan fingerprint density at radius 1 is 0.710 bits per heavy atom. The van der Waals surface area contributed by atoms with Gasteiger partial charge in [0.2, 0.25) is 0 Å². The largest absolute Gasteiger partial charge is 0.280 e. The van der Waals surface area contributed by atoms with Gasteiger partial charge in [0.15, 0.2) is 0 Å². The van der Waals surface area contributed by atoms with Gasteiger partial charge in [-0.05, 0) is 60.0 Å². The summed E-state index contributed by atoms with van der Waals surface area (Å²) in [4.78, 5) is 1.35. The molecule has 0 aliphatic carbocycles. The molecule has 0 radical (unpaired) electrons. The van der Waals surface area contributed by atoms with E-state index < -0.39 is 10.0 Å². The van der Waals surface area contributed by atoms with Crippen LogP contribution in [0.4, 0.5) is 5.69 Å². The van der Waals surface area contributed by atoms with E-state index in [0.717, 1.165) is 16.2 Å². The second-order valence-corrected chi connectivity index (χ2v) is 10.0. The number of benzene rings is 4. The van der Waals surface area contributed by atoms with Crippen LogP contribution in [0.15, 0.2) is 113 Å². The molecule has 0 aliphatic heterocycles. The SMILES string of the molecule is Cc1ccc(S(=O)(=O)Nc2ccc(SCc3ccc(-c4ccccc4)cc3)cc2)cc1. The molecule has 4 rings (SSSR count). The van der Waals surface area contributed by atoms with Crippen LogP contribution in [0.3, 0.4) is 0 Å². The fraction of sp³-hybridized carbons (Fsp3) is 0.0769. The molecule has 0 heterocycles. The van der Waals surface area contributed by atoms with Crippen LogP contribution >= 0.6 is 11.8 Å². The van der Waals surface area contributed by atoms with E-state index in [1.165, 1.54) is 16.7 Å². The van der Waals surface area contributed by atoms with Crippen molar-refractivity contribution in [3.63, 3.8) is 0 Å². The molecular formula is C26H23NO2S2. The van der Waals surface area contributed by atoms with Crippen LogP contribution in [0.25, 0.3) is 11.1 Å². The smallest absolute Gasteiger partial charge is 0.261 e. The maximum atomic E-state index is 12.5. The molecule has 0 bridgehead atoms. The van der Waals surface area contributed by atoms with Crippen molar-refractivity contribution < 1.29 is 8.42 Å². The van der Waals surface area contributed by atoms with Crippen molar-refractivity contribution in [1.29, 1.82) is 0 Å². The molecule has 0 atom stereocenters. The molecule has 0 saturated carbocycles. The number of anilines is 1. The number of sulfonamides is 1. The van der Waals surface area contributed by atoms with Gasteiger partial charge in [-0.2, -0.15) is 0 Å². The van der Waals surface area contributed by atoms with Gasteiger partial charge in [-0.15, -0.1) is 11.8 Å². The standard InChI is InChI=1S/C26H23NO2S2/c1-20-7-17-26(18-8-20)31(28,29)27-24-13-15-25(16-14-24)30-19-21-9-11-23(12-10-21)22-5-3-2-4-6-22/h2-18,27H,19H2,1H3. The van der Waals surface area contributed by atoms with E-state index in [9.17, 15) is 8.42 Å². The molecule has 5 heteroatoms. The normalized spacial score (nSPS) is 11.3. The van der Waals surface area contributed by atoms with Crippen molar-refractivity contribution in [2.75, 3.05) is 4.72 Å². The molecule has 31 heavy (non-hydrogen) atoms. The first-order chi connectivity index (χ1) is 15.0. The van der Waals surface area contributed by atoms with Crippen LogP contribution in [0, 0.1) is 6.92 Å². The molecule has 0 saturated heterocycles. The molecule has 156 valence electrons. The van der Waals surface area contributed by atoms with Gasteiger partial charge in [0.1, 0.15) is 0 Å². The van der Waals surface area contributed by atoms with Gasteiger partial charge in [-0.1, -0.05) is 72.3 Å². The predicted molar refractivity (Wildman–Crippen MR) is 130 cm³/mol. The van der Waals surface area contributed by atoms with E-state index in [0.29, 0.717) is 5.69 Å². The van der Waals surface area contributed by atoms with Crippen molar-refractivity contribution in [3.8, 4) is 11.1 Å². The maximum Gasteiger partial charge on any atom is 0.261 e. The summed E-state index contributed by atoms with van der Waals surface area (Å²) in [5, 5.41) is 0. The second kappa shape index (κ2) is 9.41. The minimum atomic E-state index is -3.58. The maximum absolute atomic E-state index is 12.5. The van der Waals surface area contributed by atoms with Gasteiger partial charge in [0, 0.05) is 16.3 Å². The minimum absolute atomic E-state index is 0.260. The van der Waals surface area contributed by atoms with Gasteiger partial charge < -0.3 is 0 Å². The molecule has 4 aromatic rings.